The summed E-state index contributed by atoms with van der Waals surface area (Å²) < 4.78 is 4.87. The highest BCUT2D eigenvalue weighted by molar-refractivity contribution is 7.11. The molecule has 0 aliphatic carbocycles. The predicted octanol–water partition coefficient (Wildman–Crippen LogP) is 0.685. The van der Waals surface area contributed by atoms with Crippen molar-refractivity contribution >= 4 is 17.2 Å². The van der Waals surface area contributed by atoms with E-state index < -0.39 is 6.04 Å². The van der Waals surface area contributed by atoms with E-state index >= 15 is 0 Å². The summed E-state index contributed by atoms with van der Waals surface area (Å²) in [5, 5.41) is 3.68. The monoisotopic (exact) mass is 257 g/mol. The molecule has 0 bridgehead atoms. The van der Waals surface area contributed by atoms with Crippen LogP contribution in [0.2, 0.25) is 0 Å². The number of nitrogens with one attached hydrogen (secondary N) is 1. The Morgan fingerprint density at radius 2 is 2.47 bits per heavy atom. The molecule has 6 heteroatoms. The number of hydrogen-bond acceptors (Lipinski definition) is 5. The maximum Gasteiger partial charge on any atom is 0.237 e. The molecule has 0 spiro atoms. The summed E-state index contributed by atoms with van der Waals surface area (Å²) in [5.41, 5.74) is 5.69. The molecule has 0 fully saturated rings. The molecular formula is C11H19N3O2S. The minimum Gasteiger partial charge on any atom is -0.385 e. The third-order valence-electron chi connectivity index (χ3n) is 2.33. The van der Waals surface area contributed by atoms with E-state index in [0.717, 1.165) is 11.4 Å². The number of hydrogen-bond donors (Lipinski definition) is 2. The van der Waals surface area contributed by atoms with E-state index in [2.05, 4.69) is 17.2 Å². The first-order valence-electron chi connectivity index (χ1n) is 5.63. The van der Waals surface area contributed by atoms with Crippen LogP contribution < -0.4 is 11.1 Å². The van der Waals surface area contributed by atoms with Crippen molar-refractivity contribution in [2.24, 2.45) is 5.73 Å². The van der Waals surface area contributed by atoms with Gasteiger partial charge in [0.2, 0.25) is 5.91 Å². The molecule has 0 aromatic carbocycles. The van der Waals surface area contributed by atoms with Crippen molar-refractivity contribution in [3.63, 3.8) is 0 Å². The molecule has 3 N–H and O–H groups in total. The number of nitrogens with zero attached hydrogens (tertiary/aromatic N) is 1. The second-order valence-electron chi connectivity index (χ2n) is 3.68. The van der Waals surface area contributed by atoms with Gasteiger partial charge in [0.1, 0.15) is 5.01 Å². The summed E-state index contributed by atoms with van der Waals surface area (Å²) >= 11 is 1.61. The molecule has 96 valence electrons. The molecule has 1 unspecified atom stereocenters. The van der Waals surface area contributed by atoms with Crippen molar-refractivity contribution in [3.8, 4) is 0 Å². The van der Waals surface area contributed by atoms with Crippen LogP contribution >= 0.6 is 11.3 Å². The van der Waals surface area contributed by atoms with E-state index in [1.165, 1.54) is 4.88 Å². The third-order valence-corrected chi connectivity index (χ3v) is 3.48. The molecule has 1 amide bonds. The molecule has 0 aliphatic rings. The number of thiazole rings is 1. The SMILES string of the molecule is CCc1cnc(CNC(=O)C(N)CCOC)s1. The van der Waals surface area contributed by atoms with Crippen LogP contribution in [0.25, 0.3) is 0 Å². The molecule has 5 nitrogen and oxygen atoms in total. The van der Waals surface area contributed by atoms with Crippen LogP contribution in [-0.4, -0.2) is 30.6 Å². The van der Waals surface area contributed by atoms with Gasteiger partial charge in [-0.3, -0.25) is 4.79 Å². The van der Waals surface area contributed by atoms with Crippen LogP contribution in [0, 0.1) is 0 Å². The first kappa shape index (κ1) is 14.1. The second-order valence-corrected chi connectivity index (χ2v) is 4.88. The minimum atomic E-state index is -0.513. The van der Waals surface area contributed by atoms with Crippen LogP contribution in [0.15, 0.2) is 6.20 Å². The number of methoxy groups -OCH3 is 1. The first-order chi connectivity index (χ1) is 8.17. The van der Waals surface area contributed by atoms with E-state index in [1.807, 2.05) is 6.20 Å². The maximum atomic E-state index is 11.6. The van der Waals surface area contributed by atoms with Gasteiger partial charge in [0, 0.05) is 24.8 Å². The van der Waals surface area contributed by atoms with Crippen LogP contribution in [-0.2, 0) is 22.5 Å². The summed E-state index contributed by atoms with van der Waals surface area (Å²) in [5.74, 6) is -0.157. The van der Waals surface area contributed by atoms with E-state index in [0.29, 0.717) is 19.6 Å². The fourth-order valence-corrected chi connectivity index (χ4v) is 2.07. The second kappa shape index (κ2) is 7.37. The number of aryl methyl sites for hydroxylation is 1. The van der Waals surface area contributed by atoms with Gasteiger partial charge in [-0.25, -0.2) is 4.98 Å². The molecule has 0 saturated heterocycles. The molecule has 1 aromatic heterocycles. The number of carbonyl (C=O) groups excluding carboxylic acids is 1. The molecule has 1 heterocycles. The van der Waals surface area contributed by atoms with Crippen LogP contribution in [0.1, 0.15) is 23.2 Å². The number of aromatic nitrogens is 1. The smallest absolute Gasteiger partial charge is 0.237 e. The Morgan fingerprint density at radius 3 is 3.06 bits per heavy atom. The van der Waals surface area contributed by atoms with E-state index in [-0.39, 0.29) is 5.91 Å². The summed E-state index contributed by atoms with van der Waals surface area (Å²) in [6, 6.07) is -0.513. The lowest BCUT2D eigenvalue weighted by Crippen LogP contribution is -2.40. The van der Waals surface area contributed by atoms with Crippen LogP contribution in [0.5, 0.6) is 0 Å². The molecule has 0 radical (unpaired) electrons. The molecule has 0 aliphatic heterocycles. The maximum absolute atomic E-state index is 11.6. The molecular weight excluding hydrogens is 238 g/mol. The number of nitrogens with two attached hydrogens (primary N) is 1. The number of carbonyl (C=O) groups is 1. The zero-order valence-corrected chi connectivity index (χ0v) is 11.0. The number of amides is 1. The Balaban J connectivity index is 2.32. The predicted molar refractivity (Wildman–Crippen MR) is 67.8 cm³/mol. The largest absolute Gasteiger partial charge is 0.385 e. The summed E-state index contributed by atoms with van der Waals surface area (Å²) in [4.78, 5) is 17.0. The van der Waals surface area contributed by atoms with Crippen molar-refractivity contribution in [3.05, 3.63) is 16.1 Å². The Hall–Kier alpha value is -0.980. The number of ether oxygens (including phenoxy) is 1. The molecule has 1 rings (SSSR count). The summed E-state index contributed by atoms with van der Waals surface area (Å²) in [7, 11) is 1.59. The van der Waals surface area contributed by atoms with Crippen molar-refractivity contribution in [1.82, 2.24) is 10.3 Å². The van der Waals surface area contributed by atoms with Crippen molar-refractivity contribution in [2.45, 2.75) is 32.4 Å². The molecule has 1 aromatic rings. The van der Waals surface area contributed by atoms with Gasteiger partial charge in [0.15, 0.2) is 0 Å². The highest BCUT2D eigenvalue weighted by Crippen LogP contribution is 2.12. The Kier molecular flexibility index (Phi) is 6.10. The molecule has 17 heavy (non-hydrogen) atoms. The van der Waals surface area contributed by atoms with Crippen LogP contribution in [0.4, 0.5) is 0 Å². The lowest BCUT2D eigenvalue weighted by molar-refractivity contribution is -0.122. The first-order valence-corrected chi connectivity index (χ1v) is 6.44. The quantitative estimate of drug-likeness (QED) is 0.753. The third kappa shape index (κ3) is 4.80. The van der Waals surface area contributed by atoms with Crippen molar-refractivity contribution in [1.29, 1.82) is 0 Å². The Morgan fingerprint density at radius 1 is 1.71 bits per heavy atom. The van der Waals surface area contributed by atoms with Gasteiger partial charge >= 0.3 is 0 Å². The van der Waals surface area contributed by atoms with Gasteiger partial charge in [0.05, 0.1) is 12.6 Å². The van der Waals surface area contributed by atoms with Crippen molar-refractivity contribution < 1.29 is 9.53 Å². The summed E-state index contributed by atoms with van der Waals surface area (Å²) in [6.07, 6.45) is 3.34. The lowest BCUT2D eigenvalue weighted by Gasteiger charge is -2.10. The van der Waals surface area contributed by atoms with Gasteiger partial charge in [-0.15, -0.1) is 11.3 Å². The van der Waals surface area contributed by atoms with Gasteiger partial charge in [-0.1, -0.05) is 6.92 Å². The van der Waals surface area contributed by atoms with Gasteiger partial charge in [-0.05, 0) is 12.8 Å². The topological polar surface area (TPSA) is 77.2 Å². The summed E-state index contributed by atoms with van der Waals surface area (Å²) in [6.45, 7) is 3.02. The van der Waals surface area contributed by atoms with Crippen molar-refractivity contribution in [2.75, 3.05) is 13.7 Å². The normalized spacial score (nSPS) is 12.4. The standard InChI is InChI=1S/C11H19N3O2S/c1-3-8-6-13-10(17-8)7-14-11(15)9(12)4-5-16-2/h6,9H,3-5,7,12H2,1-2H3,(H,14,15). The van der Waals surface area contributed by atoms with Crippen LogP contribution in [0.3, 0.4) is 0 Å². The number of rotatable bonds is 7. The average Bonchev–Trinajstić information content (AvgIpc) is 2.80. The minimum absolute atomic E-state index is 0.157. The van der Waals surface area contributed by atoms with Gasteiger partial charge in [-0.2, -0.15) is 0 Å². The molecule has 0 saturated carbocycles. The fourth-order valence-electron chi connectivity index (χ4n) is 1.26. The van der Waals surface area contributed by atoms with E-state index in [4.69, 9.17) is 10.5 Å². The zero-order chi connectivity index (χ0) is 12.7. The fraction of sp³-hybridized carbons (Fsp3) is 0.636. The molecule has 1 atom stereocenters. The Labute approximate surface area is 105 Å². The highest BCUT2D eigenvalue weighted by atomic mass is 32.1. The Bertz CT molecular complexity index is 354. The lowest BCUT2D eigenvalue weighted by atomic mass is 10.2. The van der Waals surface area contributed by atoms with Gasteiger partial charge < -0.3 is 15.8 Å². The zero-order valence-electron chi connectivity index (χ0n) is 10.2. The average molecular weight is 257 g/mol. The van der Waals surface area contributed by atoms with Gasteiger partial charge in [0.25, 0.3) is 0 Å². The van der Waals surface area contributed by atoms with E-state index in [9.17, 15) is 4.79 Å². The highest BCUT2D eigenvalue weighted by Gasteiger charge is 2.13. The van der Waals surface area contributed by atoms with E-state index in [1.54, 1.807) is 18.4 Å².